The highest BCUT2D eigenvalue weighted by atomic mass is 32.1. The van der Waals surface area contributed by atoms with Crippen molar-refractivity contribution < 1.29 is 19.2 Å². The van der Waals surface area contributed by atoms with Gasteiger partial charge in [-0.25, -0.2) is 4.98 Å². The zero-order valence-electron chi connectivity index (χ0n) is 27.2. The lowest BCUT2D eigenvalue weighted by atomic mass is 10.0. The second kappa shape index (κ2) is 12.7. The lowest BCUT2D eigenvalue weighted by Crippen LogP contribution is -2.24. The third-order valence-electron chi connectivity index (χ3n) is 8.93. The van der Waals surface area contributed by atoms with Gasteiger partial charge in [0.15, 0.2) is 17.4 Å². The Kier molecular flexibility index (Phi) is 8.04. The zero-order chi connectivity index (χ0) is 34.5. The van der Waals surface area contributed by atoms with Crippen molar-refractivity contribution in [2.24, 2.45) is 0 Å². The first kappa shape index (κ1) is 31.7. The van der Waals surface area contributed by atoms with Crippen molar-refractivity contribution >= 4 is 51.9 Å². The molecule has 6 heterocycles. The summed E-state index contributed by atoms with van der Waals surface area (Å²) in [6, 6.07) is 25.2. The Hall–Kier alpha value is -5.59. The van der Waals surface area contributed by atoms with Gasteiger partial charge in [0.2, 0.25) is 0 Å². The average molecular weight is 699 g/mol. The van der Waals surface area contributed by atoms with Gasteiger partial charge in [-0.3, -0.25) is 24.1 Å². The molecule has 50 heavy (non-hydrogen) atoms. The van der Waals surface area contributed by atoms with Gasteiger partial charge in [0, 0.05) is 44.6 Å². The van der Waals surface area contributed by atoms with Crippen LogP contribution in [-0.4, -0.2) is 43.1 Å². The summed E-state index contributed by atoms with van der Waals surface area (Å²) in [5, 5.41) is 11.1. The van der Waals surface area contributed by atoms with Gasteiger partial charge in [0.05, 0.1) is 16.3 Å². The first-order valence-electron chi connectivity index (χ1n) is 16.2. The van der Waals surface area contributed by atoms with Crippen LogP contribution in [0.1, 0.15) is 83.9 Å². The van der Waals surface area contributed by atoms with Crippen molar-refractivity contribution in [1.29, 1.82) is 0 Å². The molecule has 0 unspecified atom stereocenters. The molecule has 1 saturated carbocycles. The molecule has 2 amide bonds. The summed E-state index contributed by atoms with van der Waals surface area (Å²) in [4.78, 5) is 58.3. The zero-order valence-corrected chi connectivity index (χ0v) is 28.8. The van der Waals surface area contributed by atoms with Crippen LogP contribution < -0.4 is 10.2 Å². The molecule has 3 aliphatic rings. The van der Waals surface area contributed by atoms with Crippen LogP contribution in [0.3, 0.4) is 0 Å². The minimum Gasteiger partial charge on any atom is -0.347 e. The lowest BCUT2D eigenvalue weighted by Gasteiger charge is -2.16. The van der Waals surface area contributed by atoms with Crippen LogP contribution in [0.2, 0.25) is 0 Å². The largest absolute Gasteiger partial charge is 0.347 e. The summed E-state index contributed by atoms with van der Waals surface area (Å²) in [5.74, 6) is 1.32. The topological polar surface area (TPSA) is 127 Å². The van der Waals surface area contributed by atoms with Gasteiger partial charge in [-0.15, -0.1) is 32.9 Å². The van der Waals surface area contributed by atoms with Crippen LogP contribution in [0.4, 0.5) is 5.82 Å². The van der Waals surface area contributed by atoms with E-state index in [1.807, 2.05) is 78.9 Å². The number of rotatable bonds is 7. The summed E-state index contributed by atoms with van der Waals surface area (Å²) in [6.07, 6.45) is 4.01. The fourth-order valence-electron chi connectivity index (χ4n) is 6.30. The summed E-state index contributed by atoms with van der Waals surface area (Å²) in [5.41, 5.74) is 5.87. The molecular weight excluding hydrogens is 669 g/mol. The number of carbonyl (C=O) groups is 4. The van der Waals surface area contributed by atoms with E-state index in [9.17, 15) is 19.2 Å². The van der Waals surface area contributed by atoms with E-state index in [0.717, 1.165) is 55.6 Å². The minimum absolute atomic E-state index is 0.0124. The summed E-state index contributed by atoms with van der Waals surface area (Å²) >= 11 is 2.88. The number of pyridine rings is 1. The highest BCUT2D eigenvalue weighted by Crippen LogP contribution is 2.41. The van der Waals surface area contributed by atoms with E-state index in [0.29, 0.717) is 46.6 Å². The Bertz CT molecular complexity index is 2350. The SMILES string of the molecule is CC(=O)c1ccccc1-c1cc2c(s1)C(=O)N(c1cccc(-c3nncn3C3CC3)n1)C2.CC(=O)c1ccccc1-c1cc2c(s1)C(=O)NC2. The molecule has 0 radical (unpaired) electrons. The number of fused-ring (bicyclic) bond motifs is 2. The van der Waals surface area contributed by atoms with E-state index in [4.69, 9.17) is 4.98 Å². The highest BCUT2D eigenvalue weighted by molar-refractivity contribution is 7.18. The van der Waals surface area contributed by atoms with Crippen LogP contribution in [0.5, 0.6) is 0 Å². The van der Waals surface area contributed by atoms with E-state index in [1.54, 1.807) is 25.1 Å². The number of thiophene rings is 2. The molecule has 1 aliphatic carbocycles. The summed E-state index contributed by atoms with van der Waals surface area (Å²) in [7, 11) is 0. The predicted molar refractivity (Wildman–Crippen MR) is 193 cm³/mol. The molecular formula is C38H30N6O4S2. The van der Waals surface area contributed by atoms with Crippen LogP contribution in [0.15, 0.2) is 85.2 Å². The molecule has 2 aromatic carbocycles. The molecule has 0 saturated heterocycles. The molecule has 4 aromatic heterocycles. The van der Waals surface area contributed by atoms with E-state index in [1.165, 1.54) is 22.7 Å². The molecule has 9 rings (SSSR count). The van der Waals surface area contributed by atoms with E-state index >= 15 is 0 Å². The maximum atomic E-state index is 13.2. The number of ketones is 2. The maximum Gasteiger partial charge on any atom is 0.270 e. The molecule has 0 atom stereocenters. The maximum absolute atomic E-state index is 13.2. The van der Waals surface area contributed by atoms with Gasteiger partial charge in [-0.2, -0.15) is 0 Å². The monoisotopic (exact) mass is 698 g/mol. The predicted octanol–water partition coefficient (Wildman–Crippen LogP) is 7.63. The van der Waals surface area contributed by atoms with Crippen molar-refractivity contribution in [3.05, 3.63) is 117 Å². The van der Waals surface area contributed by atoms with E-state index in [-0.39, 0.29) is 23.4 Å². The van der Waals surface area contributed by atoms with Gasteiger partial charge in [0.1, 0.15) is 17.8 Å². The van der Waals surface area contributed by atoms with Gasteiger partial charge < -0.3 is 9.88 Å². The molecule has 0 bridgehead atoms. The smallest absolute Gasteiger partial charge is 0.270 e. The highest BCUT2D eigenvalue weighted by Gasteiger charge is 2.33. The number of carbonyl (C=O) groups excluding carboxylic acids is 4. The Morgan fingerprint density at radius 2 is 1.44 bits per heavy atom. The van der Waals surface area contributed by atoms with Gasteiger partial charge >= 0.3 is 0 Å². The van der Waals surface area contributed by atoms with Gasteiger partial charge in [-0.05, 0) is 62.1 Å². The average Bonchev–Trinajstić information content (AvgIpc) is 3.50. The van der Waals surface area contributed by atoms with Crippen LogP contribution in [0, 0.1) is 0 Å². The molecule has 1 fully saturated rings. The van der Waals surface area contributed by atoms with E-state index < -0.39 is 0 Å². The van der Waals surface area contributed by atoms with Crippen molar-refractivity contribution in [3.8, 4) is 32.4 Å². The quantitative estimate of drug-likeness (QED) is 0.170. The number of benzene rings is 2. The number of nitrogens with zero attached hydrogens (tertiary/aromatic N) is 5. The Labute approximate surface area is 295 Å². The normalized spacial score (nSPS) is 14.6. The van der Waals surface area contributed by atoms with Crippen molar-refractivity contribution in [2.45, 2.75) is 45.8 Å². The standard InChI is InChI=1S/C24H19N5O2S.C14H11NO2S/c1-14(30)17-5-2-3-6-18(17)20-11-15-12-28(24(31)22(15)32-20)21-8-4-7-19(26-21)23-27-25-13-29(23)16-9-10-16;1-8(16)10-4-2-3-5-11(10)12-6-9-7-15-14(17)13(9)18-12/h2-8,11,13,16H,9-10,12H2,1H3;2-6H,7H2,1H3,(H,15,17). The fraction of sp³-hybridized carbons (Fsp3) is 0.184. The second-order valence-electron chi connectivity index (χ2n) is 12.4. The van der Waals surface area contributed by atoms with Crippen molar-refractivity contribution in [2.75, 3.05) is 4.90 Å². The van der Waals surface area contributed by atoms with Gasteiger partial charge in [0.25, 0.3) is 11.8 Å². The van der Waals surface area contributed by atoms with Crippen molar-refractivity contribution in [1.82, 2.24) is 25.1 Å². The van der Waals surface area contributed by atoms with Crippen molar-refractivity contribution in [3.63, 3.8) is 0 Å². The number of nitrogens with one attached hydrogen (secondary N) is 1. The lowest BCUT2D eigenvalue weighted by molar-refractivity contribution is 0.0965. The molecule has 1 N–H and O–H groups in total. The Morgan fingerprint density at radius 3 is 2.06 bits per heavy atom. The third kappa shape index (κ3) is 5.76. The number of aromatic nitrogens is 4. The van der Waals surface area contributed by atoms with Crippen LogP contribution in [0.25, 0.3) is 32.4 Å². The molecule has 0 spiro atoms. The number of hydrogen-bond donors (Lipinski definition) is 1. The molecule has 248 valence electrons. The number of Topliss-reactive ketones (excluding diaryl/α,β-unsaturated/α-hetero) is 2. The van der Waals surface area contributed by atoms with Crippen LogP contribution >= 0.6 is 22.7 Å². The Morgan fingerprint density at radius 1 is 0.800 bits per heavy atom. The van der Waals surface area contributed by atoms with Gasteiger partial charge in [-0.1, -0.05) is 54.6 Å². The number of anilines is 1. The number of amides is 2. The third-order valence-corrected chi connectivity index (χ3v) is 11.3. The first-order chi connectivity index (χ1) is 24.3. The second-order valence-corrected chi connectivity index (χ2v) is 14.5. The van der Waals surface area contributed by atoms with E-state index in [2.05, 4.69) is 20.1 Å². The van der Waals surface area contributed by atoms with Crippen LogP contribution in [-0.2, 0) is 13.1 Å². The molecule has 2 aliphatic heterocycles. The number of hydrogen-bond acceptors (Lipinski definition) is 9. The fourth-order valence-corrected chi connectivity index (χ4v) is 8.60. The molecule has 10 nitrogen and oxygen atoms in total. The minimum atomic E-state index is -0.0649. The summed E-state index contributed by atoms with van der Waals surface area (Å²) in [6.45, 7) is 4.17. The Balaban J connectivity index is 0.000000170. The summed E-state index contributed by atoms with van der Waals surface area (Å²) < 4.78 is 2.06. The molecule has 12 heteroatoms. The molecule has 6 aromatic rings. The first-order valence-corrected chi connectivity index (χ1v) is 17.8.